The lowest BCUT2D eigenvalue weighted by molar-refractivity contribution is -0.130. The zero-order valence-corrected chi connectivity index (χ0v) is 9.42. The molecule has 0 atom stereocenters. The van der Waals surface area contributed by atoms with Crippen LogP contribution in [0.3, 0.4) is 0 Å². The van der Waals surface area contributed by atoms with Gasteiger partial charge in [0.25, 0.3) is 5.91 Å². The Morgan fingerprint density at radius 2 is 2.13 bits per heavy atom. The summed E-state index contributed by atoms with van der Waals surface area (Å²) in [7, 11) is -0.737. The first-order valence-electron chi connectivity index (χ1n) is 5.24. The second kappa shape index (κ2) is 4.79. The Labute approximate surface area is 91.7 Å². The number of nitrogens with zero attached hydrogens (tertiary/aromatic N) is 1. The fraction of sp³-hybridized carbons (Fsp3) is 0.700. The maximum Gasteiger partial charge on any atom is 0.288 e. The first-order valence-corrected chi connectivity index (χ1v) is 6.73. The van der Waals surface area contributed by atoms with Gasteiger partial charge in [-0.1, -0.05) is 0 Å². The summed E-state index contributed by atoms with van der Waals surface area (Å²) < 4.78 is 16.4. The summed E-state index contributed by atoms with van der Waals surface area (Å²) in [5.74, 6) is 1.64. The molecule has 1 amide bonds. The van der Waals surface area contributed by atoms with Crippen molar-refractivity contribution in [2.75, 3.05) is 31.2 Å². The first kappa shape index (κ1) is 10.7. The molecule has 0 N–H and O–H groups in total. The van der Waals surface area contributed by atoms with Crippen molar-refractivity contribution in [3.8, 4) is 0 Å². The molecule has 1 fully saturated rings. The quantitative estimate of drug-likeness (QED) is 0.648. The smallest absolute Gasteiger partial charge is 0.288 e. The Kier molecular flexibility index (Phi) is 3.41. The van der Waals surface area contributed by atoms with E-state index in [1.54, 1.807) is 4.90 Å². The number of carbonyl (C=O) groups excluding carboxylic acids is 1. The van der Waals surface area contributed by atoms with E-state index in [4.69, 9.17) is 4.74 Å². The third kappa shape index (κ3) is 2.59. The van der Waals surface area contributed by atoms with E-state index in [-0.39, 0.29) is 5.91 Å². The molecule has 0 aromatic carbocycles. The number of hydrogen-bond acceptors (Lipinski definition) is 3. The molecule has 84 valence electrons. The van der Waals surface area contributed by atoms with E-state index in [2.05, 4.69) is 0 Å². The van der Waals surface area contributed by atoms with Crippen molar-refractivity contribution in [2.24, 2.45) is 0 Å². The second-order valence-corrected chi connectivity index (χ2v) is 5.40. The number of amides is 1. The van der Waals surface area contributed by atoms with Crippen molar-refractivity contribution < 1.29 is 13.7 Å². The van der Waals surface area contributed by atoms with Gasteiger partial charge in [-0.2, -0.15) is 0 Å². The first-order chi connectivity index (χ1) is 7.27. The standard InChI is InChI=1S/C10H15NO3S/c12-10(9-3-1-2-6-14-9)11-4-7-15(13)8-5-11/h3H,1-2,4-8H2. The zero-order chi connectivity index (χ0) is 10.7. The van der Waals surface area contributed by atoms with Gasteiger partial charge in [-0.3, -0.25) is 9.00 Å². The fourth-order valence-corrected chi connectivity index (χ4v) is 2.76. The number of allylic oxidation sites excluding steroid dienone is 1. The molecule has 0 saturated carbocycles. The predicted molar refractivity (Wildman–Crippen MR) is 57.7 cm³/mol. The molecule has 4 nitrogen and oxygen atoms in total. The molecular weight excluding hydrogens is 214 g/mol. The summed E-state index contributed by atoms with van der Waals surface area (Å²) in [5, 5.41) is 0. The molecule has 5 heteroatoms. The number of hydrogen-bond donors (Lipinski definition) is 0. The molecule has 15 heavy (non-hydrogen) atoms. The van der Waals surface area contributed by atoms with Crippen LogP contribution >= 0.6 is 0 Å². The maximum absolute atomic E-state index is 11.9. The lowest BCUT2D eigenvalue weighted by Crippen LogP contribution is -2.43. The molecule has 0 radical (unpaired) electrons. The van der Waals surface area contributed by atoms with Crippen LogP contribution in [0, 0.1) is 0 Å². The van der Waals surface area contributed by atoms with E-state index < -0.39 is 10.8 Å². The average Bonchev–Trinajstić information content (AvgIpc) is 2.30. The molecular formula is C10H15NO3S. The van der Waals surface area contributed by atoms with E-state index in [1.807, 2.05) is 6.08 Å². The highest BCUT2D eigenvalue weighted by Gasteiger charge is 2.24. The van der Waals surface area contributed by atoms with Crippen molar-refractivity contribution in [2.45, 2.75) is 12.8 Å². The van der Waals surface area contributed by atoms with Crippen LogP contribution in [-0.2, 0) is 20.3 Å². The summed E-state index contributed by atoms with van der Waals surface area (Å²) in [6, 6.07) is 0. The highest BCUT2D eigenvalue weighted by Crippen LogP contribution is 2.14. The van der Waals surface area contributed by atoms with Gasteiger partial charge < -0.3 is 9.64 Å². The molecule has 0 spiro atoms. The maximum atomic E-state index is 11.9. The van der Waals surface area contributed by atoms with Crippen LogP contribution in [0.15, 0.2) is 11.8 Å². The van der Waals surface area contributed by atoms with Gasteiger partial charge in [0.2, 0.25) is 0 Å². The minimum absolute atomic E-state index is 0.0357. The van der Waals surface area contributed by atoms with Crippen LogP contribution in [0.1, 0.15) is 12.8 Å². The van der Waals surface area contributed by atoms with Gasteiger partial charge in [-0.05, 0) is 18.9 Å². The van der Waals surface area contributed by atoms with Gasteiger partial charge in [0, 0.05) is 35.4 Å². The van der Waals surface area contributed by atoms with Crippen molar-refractivity contribution in [3.63, 3.8) is 0 Å². The highest BCUT2D eigenvalue weighted by molar-refractivity contribution is 7.85. The second-order valence-electron chi connectivity index (χ2n) is 3.70. The molecule has 0 bridgehead atoms. The summed E-state index contributed by atoms with van der Waals surface area (Å²) in [6.45, 7) is 1.82. The highest BCUT2D eigenvalue weighted by atomic mass is 32.2. The number of carbonyl (C=O) groups is 1. The van der Waals surface area contributed by atoms with Crippen molar-refractivity contribution in [1.82, 2.24) is 4.90 Å². The molecule has 0 aromatic heterocycles. The van der Waals surface area contributed by atoms with Crippen LogP contribution < -0.4 is 0 Å². The molecule has 0 unspecified atom stereocenters. The van der Waals surface area contributed by atoms with Crippen LogP contribution in [0.5, 0.6) is 0 Å². The third-order valence-corrected chi connectivity index (χ3v) is 3.89. The number of ether oxygens (including phenoxy) is 1. The molecule has 2 heterocycles. The van der Waals surface area contributed by atoms with Crippen LogP contribution in [0.25, 0.3) is 0 Å². The van der Waals surface area contributed by atoms with Crippen molar-refractivity contribution in [1.29, 1.82) is 0 Å². The lowest BCUT2D eigenvalue weighted by Gasteiger charge is -2.27. The van der Waals surface area contributed by atoms with Crippen molar-refractivity contribution >= 4 is 16.7 Å². The van der Waals surface area contributed by atoms with Gasteiger partial charge >= 0.3 is 0 Å². The van der Waals surface area contributed by atoms with Crippen molar-refractivity contribution in [3.05, 3.63) is 11.8 Å². The molecule has 2 aliphatic rings. The van der Waals surface area contributed by atoms with E-state index in [9.17, 15) is 9.00 Å². The lowest BCUT2D eigenvalue weighted by atomic mass is 10.2. The topological polar surface area (TPSA) is 46.6 Å². The summed E-state index contributed by atoms with van der Waals surface area (Å²) >= 11 is 0. The molecule has 1 saturated heterocycles. The Hall–Kier alpha value is -0.840. The zero-order valence-electron chi connectivity index (χ0n) is 8.61. The van der Waals surface area contributed by atoms with Crippen LogP contribution in [-0.4, -0.2) is 46.2 Å². The van der Waals surface area contributed by atoms with E-state index in [0.29, 0.717) is 37.0 Å². The normalized spacial score (nSPS) is 23.2. The Morgan fingerprint density at radius 1 is 1.40 bits per heavy atom. The van der Waals surface area contributed by atoms with Crippen LogP contribution in [0.4, 0.5) is 0 Å². The Morgan fingerprint density at radius 3 is 2.73 bits per heavy atom. The van der Waals surface area contributed by atoms with Gasteiger partial charge in [-0.25, -0.2) is 0 Å². The molecule has 0 aliphatic carbocycles. The van der Waals surface area contributed by atoms with Gasteiger partial charge in [-0.15, -0.1) is 0 Å². The summed E-state index contributed by atoms with van der Waals surface area (Å²) in [5.41, 5.74) is 0. The summed E-state index contributed by atoms with van der Waals surface area (Å²) in [6.07, 6.45) is 3.76. The van der Waals surface area contributed by atoms with E-state index >= 15 is 0 Å². The monoisotopic (exact) mass is 229 g/mol. The van der Waals surface area contributed by atoms with E-state index in [1.165, 1.54) is 0 Å². The summed E-state index contributed by atoms with van der Waals surface area (Å²) in [4.78, 5) is 13.6. The Balaban J connectivity index is 1.95. The van der Waals surface area contributed by atoms with Crippen LogP contribution in [0.2, 0.25) is 0 Å². The minimum Gasteiger partial charge on any atom is -0.488 e. The van der Waals surface area contributed by atoms with Gasteiger partial charge in [0.15, 0.2) is 5.76 Å². The minimum atomic E-state index is -0.737. The largest absolute Gasteiger partial charge is 0.488 e. The molecule has 0 aromatic rings. The van der Waals surface area contributed by atoms with E-state index in [0.717, 1.165) is 12.8 Å². The third-order valence-electron chi connectivity index (χ3n) is 2.61. The SMILES string of the molecule is O=C(C1=CCCCO1)N1CCS(=O)CC1. The molecule has 2 aliphatic heterocycles. The average molecular weight is 229 g/mol. The number of rotatable bonds is 1. The predicted octanol–water partition coefficient (Wildman–Crippen LogP) is 0.272. The van der Waals surface area contributed by atoms with Gasteiger partial charge in [0.1, 0.15) is 0 Å². The Bertz CT molecular complexity index is 304. The fourth-order valence-electron chi connectivity index (χ4n) is 1.70. The molecule has 2 rings (SSSR count). The van der Waals surface area contributed by atoms with Gasteiger partial charge in [0.05, 0.1) is 6.61 Å².